The SMILES string of the molecule is CCC(CCO)NC(C)c1ccc(F)c(Br)c1. The molecule has 1 rings (SSSR count). The van der Waals surface area contributed by atoms with E-state index in [2.05, 4.69) is 28.2 Å². The molecule has 2 N–H and O–H groups in total. The number of hydrogen-bond acceptors (Lipinski definition) is 2. The minimum Gasteiger partial charge on any atom is -0.396 e. The van der Waals surface area contributed by atoms with Gasteiger partial charge in [-0.15, -0.1) is 0 Å². The van der Waals surface area contributed by atoms with Crippen LogP contribution < -0.4 is 5.32 Å². The van der Waals surface area contributed by atoms with E-state index in [0.717, 1.165) is 18.4 Å². The molecule has 0 saturated heterocycles. The van der Waals surface area contributed by atoms with Crippen molar-refractivity contribution in [3.63, 3.8) is 0 Å². The van der Waals surface area contributed by atoms with Gasteiger partial charge >= 0.3 is 0 Å². The van der Waals surface area contributed by atoms with Crippen molar-refractivity contribution in [1.29, 1.82) is 0 Å². The highest BCUT2D eigenvalue weighted by Gasteiger charge is 2.12. The van der Waals surface area contributed by atoms with Gasteiger partial charge in [0.1, 0.15) is 5.82 Å². The van der Waals surface area contributed by atoms with E-state index in [1.165, 1.54) is 6.07 Å². The fraction of sp³-hybridized carbons (Fsp3) is 0.538. The van der Waals surface area contributed by atoms with Gasteiger partial charge < -0.3 is 10.4 Å². The molecule has 0 spiro atoms. The predicted octanol–water partition coefficient (Wildman–Crippen LogP) is 3.40. The van der Waals surface area contributed by atoms with Crippen LogP contribution in [-0.2, 0) is 0 Å². The molecule has 1 aromatic carbocycles. The Bertz CT molecular complexity index is 359. The first-order chi connectivity index (χ1) is 8.08. The Morgan fingerprint density at radius 1 is 1.47 bits per heavy atom. The molecule has 0 amide bonds. The van der Waals surface area contributed by atoms with Gasteiger partial charge in [-0.1, -0.05) is 13.0 Å². The summed E-state index contributed by atoms with van der Waals surface area (Å²) in [6.45, 7) is 4.31. The number of benzene rings is 1. The molecule has 17 heavy (non-hydrogen) atoms. The third-order valence-electron chi connectivity index (χ3n) is 2.90. The summed E-state index contributed by atoms with van der Waals surface area (Å²) in [5.74, 6) is -0.247. The Labute approximate surface area is 110 Å². The van der Waals surface area contributed by atoms with Gasteiger partial charge in [0, 0.05) is 18.7 Å². The van der Waals surface area contributed by atoms with Crippen molar-refractivity contribution in [3.8, 4) is 0 Å². The Morgan fingerprint density at radius 2 is 2.18 bits per heavy atom. The molecule has 0 heterocycles. The van der Waals surface area contributed by atoms with E-state index in [0.29, 0.717) is 10.5 Å². The third-order valence-corrected chi connectivity index (χ3v) is 3.51. The van der Waals surface area contributed by atoms with E-state index < -0.39 is 0 Å². The zero-order valence-corrected chi connectivity index (χ0v) is 11.8. The molecule has 4 heteroatoms. The second kappa shape index (κ2) is 7.09. The van der Waals surface area contributed by atoms with Crippen LogP contribution in [0.2, 0.25) is 0 Å². The van der Waals surface area contributed by atoms with Gasteiger partial charge in [-0.05, 0) is 53.4 Å². The molecule has 0 aliphatic carbocycles. The largest absolute Gasteiger partial charge is 0.396 e. The second-order valence-corrected chi connectivity index (χ2v) is 5.03. The summed E-state index contributed by atoms with van der Waals surface area (Å²) in [4.78, 5) is 0. The molecule has 2 atom stereocenters. The van der Waals surface area contributed by atoms with Gasteiger partial charge in [-0.2, -0.15) is 0 Å². The second-order valence-electron chi connectivity index (χ2n) is 4.18. The van der Waals surface area contributed by atoms with Gasteiger partial charge in [0.25, 0.3) is 0 Å². The highest BCUT2D eigenvalue weighted by atomic mass is 79.9. The first kappa shape index (κ1) is 14.6. The minimum atomic E-state index is -0.247. The quantitative estimate of drug-likeness (QED) is 0.844. The van der Waals surface area contributed by atoms with E-state index in [4.69, 9.17) is 5.11 Å². The summed E-state index contributed by atoms with van der Waals surface area (Å²) >= 11 is 3.19. The summed E-state index contributed by atoms with van der Waals surface area (Å²) in [6, 6.07) is 5.47. The van der Waals surface area contributed by atoms with Crippen LogP contribution in [0.1, 0.15) is 38.3 Å². The molecular weight excluding hydrogens is 285 g/mol. The van der Waals surface area contributed by atoms with Crippen molar-refractivity contribution in [1.82, 2.24) is 5.32 Å². The van der Waals surface area contributed by atoms with Crippen LogP contribution in [0.25, 0.3) is 0 Å². The van der Waals surface area contributed by atoms with Gasteiger partial charge in [-0.3, -0.25) is 0 Å². The van der Waals surface area contributed by atoms with E-state index in [-0.39, 0.29) is 18.5 Å². The topological polar surface area (TPSA) is 32.3 Å². The monoisotopic (exact) mass is 303 g/mol. The summed E-state index contributed by atoms with van der Waals surface area (Å²) in [7, 11) is 0. The molecule has 0 bridgehead atoms. The first-order valence-corrected chi connectivity index (χ1v) is 6.69. The molecule has 96 valence electrons. The van der Waals surface area contributed by atoms with Gasteiger partial charge in [0.2, 0.25) is 0 Å². The molecule has 1 aromatic rings. The van der Waals surface area contributed by atoms with E-state index in [1.807, 2.05) is 6.92 Å². The van der Waals surface area contributed by atoms with E-state index in [9.17, 15) is 4.39 Å². The lowest BCUT2D eigenvalue weighted by Crippen LogP contribution is -2.31. The Hall–Kier alpha value is -0.450. The van der Waals surface area contributed by atoms with Crippen molar-refractivity contribution in [2.75, 3.05) is 6.61 Å². The standard InChI is InChI=1S/C13H19BrFNO/c1-3-11(6-7-17)16-9(2)10-4-5-13(15)12(14)8-10/h4-5,8-9,11,16-17H,3,6-7H2,1-2H3. The predicted molar refractivity (Wildman–Crippen MR) is 71.4 cm³/mol. The van der Waals surface area contributed by atoms with E-state index >= 15 is 0 Å². The molecule has 0 aromatic heterocycles. The van der Waals surface area contributed by atoms with Crippen molar-refractivity contribution >= 4 is 15.9 Å². The van der Waals surface area contributed by atoms with Crippen LogP contribution in [0, 0.1) is 5.82 Å². The minimum absolute atomic E-state index is 0.142. The first-order valence-electron chi connectivity index (χ1n) is 5.90. The van der Waals surface area contributed by atoms with Crippen LogP contribution in [0.5, 0.6) is 0 Å². The molecule has 0 fully saturated rings. The molecule has 2 unspecified atom stereocenters. The normalized spacial score (nSPS) is 14.6. The van der Waals surface area contributed by atoms with Crippen molar-refractivity contribution < 1.29 is 9.50 Å². The zero-order valence-electron chi connectivity index (χ0n) is 10.2. The van der Waals surface area contributed by atoms with E-state index in [1.54, 1.807) is 12.1 Å². The maximum absolute atomic E-state index is 13.1. The van der Waals surface area contributed by atoms with Crippen LogP contribution in [0.15, 0.2) is 22.7 Å². The average molecular weight is 304 g/mol. The Morgan fingerprint density at radius 3 is 2.71 bits per heavy atom. The maximum atomic E-state index is 13.1. The molecular formula is C13H19BrFNO. The highest BCUT2D eigenvalue weighted by molar-refractivity contribution is 9.10. The lowest BCUT2D eigenvalue weighted by molar-refractivity contribution is 0.257. The lowest BCUT2D eigenvalue weighted by atomic mass is 10.1. The number of hydrogen-bond donors (Lipinski definition) is 2. The van der Waals surface area contributed by atoms with Crippen LogP contribution in [-0.4, -0.2) is 17.8 Å². The summed E-state index contributed by atoms with van der Waals surface area (Å²) in [6.07, 6.45) is 1.70. The van der Waals surface area contributed by atoms with Crippen LogP contribution in [0.3, 0.4) is 0 Å². The zero-order chi connectivity index (χ0) is 12.8. The fourth-order valence-corrected chi connectivity index (χ4v) is 2.19. The van der Waals surface area contributed by atoms with Gasteiger partial charge in [-0.25, -0.2) is 4.39 Å². The van der Waals surface area contributed by atoms with Crippen molar-refractivity contribution in [3.05, 3.63) is 34.1 Å². The number of nitrogens with one attached hydrogen (secondary N) is 1. The molecule has 0 saturated carbocycles. The average Bonchev–Trinajstić information content (AvgIpc) is 2.31. The van der Waals surface area contributed by atoms with Gasteiger partial charge in [0.15, 0.2) is 0 Å². The summed E-state index contributed by atoms with van der Waals surface area (Å²) in [5.41, 5.74) is 1.04. The van der Waals surface area contributed by atoms with Crippen LogP contribution >= 0.6 is 15.9 Å². The van der Waals surface area contributed by atoms with Crippen molar-refractivity contribution in [2.24, 2.45) is 0 Å². The van der Waals surface area contributed by atoms with Crippen molar-refractivity contribution in [2.45, 2.75) is 38.8 Å². The summed E-state index contributed by atoms with van der Waals surface area (Å²) < 4.78 is 13.6. The number of rotatable bonds is 6. The molecule has 0 radical (unpaired) electrons. The lowest BCUT2D eigenvalue weighted by Gasteiger charge is -2.22. The third kappa shape index (κ3) is 4.37. The molecule has 0 aliphatic heterocycles. The van der Waals surface area contributed by atoms with Gasteiger partial charge in [0.05, 0.1) is 4.47 Å². The highest BCUT2D eigenvalue weighted by Crippen LogP contribution is 2.21. The smallest absolute Gasteiger partial charge is 0.137 e. The van der Waals surface area contributed by atoms with Crippen LogP contribution in [0.4, 0.5) is 4.39 Å². The maximum Gasteiger partial charge on any atom is 0.137 e. The molecule has 0 aliphatic rings. The fourth-order valence-electron chi connectivity index (χ4n) is 1.79. The number of halogens is 2. The summed E-state index contributed by atoms with van der Waals surface area (Å²) in [5, 5.41) is 12.4. The molecule has 2 nitrogen and oxygen atoms in total. The number of aliphatic hydroxyl groups excluding tert-OH is 1. The Kier molecular flexibility index (Phi) is 6.09. The number of aliphatic hydroxyl groups is 1. The Balaban J connectivity index is 2.68.